The Bertz CT molecular complexity index is 1110. The number of para-hydroxylation sites is 1. The first-order valence-corrected chi connectivity index (χ1v) is 8.86. The fourth-order valence-corrected chi connectivity index (χ4v) is 2.75. The molecule has 3 aromatic rings. The summed E-state index contributed by atoms with van der Waals surface area (Å²) in [5.74, 6) is -0.687. The second kappa shape index (κ2) is 8.29. The van der Waals surface area contributed by atoms with E-state index >= 15 is 0 Å². The van der Waals surface area contributed by atoms with Gasteiger partial charge in [-0.3, -0.25) is 4.79 Å². The molecule has 0 spiro atoms. The molecule has 2 aromatic carbocycles. The highest BCUT2D eigenvalue weighted by Gasteiger charge is 2.34. The molecule has 0 fully saturated rings. The monoisotopic (exact) mass is 414 g/mol. The lowest BCUT2D eigenvalue weighted by Gasteiger charge is -2.14. The first-order valence-electron chi connectivity index (χ1n) is 8.86. The summed E-state index contributed by atoms with van der Waals surface area (Å²) >= 11 is 0. The van der Waals surface area contributed by atoms with E-state index in [1.807, 2.05) is 6.07 Å². The molecule has 1 amide bonds. The van der Waals surface area contributed by atoms with Crippen molar-refractivity contribution in [3.63, 3.8) is 0 Å². The van der Waals surface area contributed by atoms with Gasteiger partial charge in [-0.25, -0.2) is 4.68 Å². The number of anilines is 1. The first-order chi connectivity index (χ1) is 14.2. The highest BCUT2D eigenvalue weighted by Crippen LogP contribution is 2.35. The van der Waals surface area contributed by atoms with Crippen molar-refractivity contribution in [1.29, 1.82) is 5.26 Å². The van der Waals surface area contributed by atoms with Crippen LogP contribution in [0.3, 0.4) is 0 Å². The van der Waals surface area contributed by atoms with Gasteiger partial charge in [0, 0.05) is 5.56 Å². The quantitative estimate of drug-likeness (QED) is 0.671. The van der Waals surface area contributed by atoms with E-state index in [0.29, 0.717) is 28.3 Å². The third kappa shape index (κ3) is 4.43. The molecule has 3 rings (SSSR count). The van der Waals surface area contributed by atoms with Gasteiger partial charge in [0.2, 0.25) is 0 Å². The Hall–Kier alpha value is -3.80. The van der Waals surface area contributed by atoms with Gasteiger partial charge in [-0.05, 0) is 50.2 Å². The number of carbonyl (C=O) groups excluding carboxylic acids is 1. The van der Waals surface area contributed by atoms with Crippen molar-refractivity contribution in [2.75, 3.05) is 11.9 Å². The minimum atomic E-state index is -4.59. The van der Waals surface area contributed by atoms with E-state index in [4.69, 9.17) is 10.00 Å². The van der Waals surface area contributed by atoms with Crippen LogP contribution in [-0.2, 0) is 11.0 Å². The Morgan fingerprint density at radius 1 is 1.17 bits per heavy atom. The summed E-state index contributed by atoms with van der Waals surface area (Å²) in [5.41, 5.74) is 1.50. The highest BCUT2D eigenvalue weighted by atomic mass is 19.4. The Balaban J connectivity index is 1.79. The van der Waals surface area contributed by atoms with Crippen molar-refractivity contribution in [3.05, 3.63) is 70.9 Å². The van der Waals surface area contributed by atoms with Crippen molar-refractivity contribution in [1.82, 2.24) is 9.78 Å². The Morgan fingerprint density at radius 2 is 1.83 bits per heavy atom. The number of benzene rings is 2. The molecule has 0 saturated heterocycles. The van der Waals surface area contributed by atoms with Crippen LogP contribution in [0.1, 0.15) is 22.4 Å². The number of alkyl halides is 3. The van der Waals surface area contributed by atoms with Crippen LogP contribution in [0, 0.1) is 25.2 Å². The number of hydrogen-bond acceptors (Lipinski definition) is 4. The van der Waals surface area contributed by atoms with Gasteiger partial charge in [0.25, 0.3) is 5.91 Å². The second-order valence-corrected chi connectivity index (χ2v) is 6.46. The zero-order valence-corrected chi connectivity index (χ0v) is 16.1. The predicted molar refractivity (Wildman–Crippen MR) is 103 cm³/mol. The number of nitriles is 1. The SMILES string of the molecule is Cc1nn(-c2ccc(C#N)cc2)c(NC(=O)COc2ccccc2C(F)(F)F)c1C. The van der Waals surface area contributed by atoms with Gasteiger partial charge in [-0.15, -0.1) is 0 Å². The van der Waals surface area contributed by atoms with E-state index in [1.165, 1.54) is 16.8 Å². The molecule has 0 radical (unpaired) electrons. The van der Waals surface area contributed by atoms with Crippen LogP contribution in [-0.4, -0.2) is 22.3 Å². The minimum Gasteiger partial charge on any atom is -0.483 e. The fourth-order valence-electron chi connectivity index (χ4n) is 2.75. The second-order valence-electron chi connectivity index (χ2n) is 6.46. The lowest BCUT2D eigenvalue weighted by Crippen LogP contribution is -2.23. The molecule has 0 bridgehead atoms. The number of ether oxygens (including phenoxy) is 1. The molecule has 1 aromatic heterocycles. The average Bonchev–Trinajstić information content (AvgIpc) is 3.00. The van der Waals surface area contributed by atoms with Crippen molar-refractivity contribution < 1.29 is 22.7 Å². The molecule has 0 unspecified atom stereocenters. The minimum absolute atomic E-state index is 0.370. The molecule has 1 heterocycles. The zero-order valence-electron chi connectivity index (χ0n) is 16.1. The number of nitrogens with zero attached hydrogens (tertiary/aromatic N) is 3. The lowest BCUT2D eigenvalue weighted by atomic mass is 10.2. The lowest BCUT2D eigenvalue weighted by molar-refractivity contribution is -0.139. The number of rotatable bonds is 5. The molecule has 154 valence electrons. The van der Waals surface area contributed by atoms with E-state index in [0.717, 1.165) is 12.1 Å². The molecule has 30 heavy (non-hydrogen) atoms. The van der Waals surface area contributed by atoms with Gasteiger partial charge in [0.05, 0.1) is 28.6 Å². The smallest absolute Gasteiger partial charge is 0.419 e. The molecular formula is C21H17F3N4O2. The largest absolute Gasteiger partial charge is 0.483 e. The Morgan fingerprint density at radius 3 is 2.47 bits per heavy atom. The summed E-state index contributed by atoms with van der Waals surface area (Å²) in [6, 6.07) is 13.3. The summed E-state index contributed by atoms with van der Waals surface area (Å²) in [5, 5.41) is 16.0. The number of aryl methyl sites for hydroxylation is 1. The van der Waals surface area contributed by atoms with Gasteiger partial charge in [-0.2, -0.15) is 23.5 Å². The maximum absolute atomic E-state index is 13.1. The van der Waals surface area contributed by atoms with Crippen molar-refractivity contribution >= 4 is 11.7 Å². The van der Waals surface area contributed by atoms with Crippen molar-refractivity contribution in [2.45, 2.75) is 20.0 Å². The number of hydrogen-bond donors (Lipinski definition) is 1. The Labute approximate surface area is 170 Å². The standard InChI is InChI=1S/C21H17F3N4O2/c1-13-14(2)27-28(16-9-7-15(11-25)8-10-16)20(13)26-19(29)12-30-18-6-4-3-5-17(18)21(22,23)24/h3-10H,12H2,1-2H3,(H,26,29). The van der Waals surface area contributed by atoms with Gasteiger partial charge < -0.3 is 10.1 Å². The van der Waals surface area contributed by atoms with Crippen LogP contribution in [0.25, 0.3) is 5.69 Å². The first kappa shape index (κ1) is 20.9. The van der Waals surface area contributed by atoms with Crippen LogP contribution in [0.15, 0.2) is 48.5 Å². The third-order valence-electron chi connectivity index (χ3n) is 4.41. The Kier molecular flexibility index (Phi) is 5.78. The van der Waals surface area contributed by atoms with Gasteiger partial charge in [0.1, 0.15) is 11.6 Å². The number of amides is 1. The molecule has 0 saturated carbocycles. The van der Waals surface area contributed by atoms with E-state index < -0.39 is 30.0 Å². The van der Waals surface area contributed by atoms with Gasteiger partial charge in [0.15, 0.2) is 6.61 Å². The van der Waals surface area contributed by atoms with Crippen LogP contribution < -0.4 is 10.1 Å². The van der Waals surface area contributed by atoms with Gasteiger partial charge in [-0.1, -0.05) is 12.1 Å². The zero-order chi connectivity index (χ0) is 21.9. The molecular weight excluding hydrogens is 397 g/mol. The van der Waals surface area contributed by atoms with E-state index in [2.05, 4.69) is 10.4 Å². The predicted octanol–water partition coefficient (Wildman–Crippen LogP) is 4.40. The summed E-state index contributed by atoms with van der Waals surface area (Å²) in [6.07, 6.45) is -4.59. The van der Waals surface area contributed by atoms with Crippen molar-refractivity contribution in [3.8, 4) is 17.5 Å². The number of nitrogens with one attached hydrogen (secondary N) is 1. The van der Waals surface area contributed by atoms with Crippen LogP contribution in [0.5, 0.6) is 5.75 Å². The summed E-state index contributed by atoms with van der Waals surface area (Å²) < 4.78 is 45.8. The number of aromatic nitrogens is 2. The van der Waals surface area contributed by atoms with Crippen LogP contribution in [0.4, 0.5) is 19.0 Å². The van der Waals surface area contributed by atoms with Crippen LogP contribution >= 0.6 is 0 Å². The summed E-state index contributed by atoms with van der Waals surface area (Å²) in [7, 11) is 0. The average molecular weight is 414 g/mol. The molecule has 0 atom stereocenters. The highest BCUT2D eigenvalue weighted by molar-refractivity contribution is 5.92. The maximum atomic E-state index is 13.1. The van der Waals surface area contributed by atoms with E-state index in [1.54, 1.807) is 38.1 Å². The molecule has 1 N–H and O–H groups in total. The number of halogens is 3. The fraction of sp³-hybridized carbons (Fsp3) is 0.190. The third-order valence-corrected chi connectivity index (χ3v) is 4.41. The molecule has 0 aliphatic carbocycles. The van der Waals surface area contributed by atoms with E-state index in [-0.39, 0.29) is 0 Å². The molecule has 0 aliphatic heterocycles. The molecule has 9 heteroatoms. The van der Waals surface area contributed by atoms with Gasteiger partial charge >= 0.3 is 6.18 Å². The summed E-state index contributed by atoms with van der Waals surface area (Å²) in [6.45, 7) is 2.92. The normalized spacial score (nSPS) is 11.1. The molecule has 6 nitrogen and oxygen atoms in total. The maximum Gasteiger partial charge on any atom is 0.419 e. The number of carbonyl (C=O) groups is 1. The van der Waals surface area contributed by atoms with Crippen molar-refractivity contribution in [2.24, 2.45) is 0 Å². The topological polar surface area (TPSA) is 79.9 Å². The summed E-state index contributed by atoms with van der Waals surface area (Å²) in [4.78, 5) is 12.4. The molecule has 0 aliphatic rings. The van der Waals surface area contributed by atoms with Crippen LogP contribution in [0.2, 0.25) is 0 Å². The van der Waals surface area contributed by atoms with E-state index in [9.17, 15) is 18.0 Å².